The topological polar surface area (TPSA) is 26.3 Å². The van der Waals surface area contributed by atoms with Gasteiger partial charge in [0.15, 0.2) is 0 Å². The van der Waals surface area contributed by atoms with Gasteiger partial charge in [0.05, 0.1) is 24.2 Å². The van der Waals surface area contributed by atoms with E-state index in [2.05, 4.69) is 380 Å². The summed E-state index contributed by atoms with van der Waals surface area (Å²) in [4.78, 5) is 0. The molecule has 7 heteroatoms. The highest BCUT2D eigenvalue weighted by Gasteiger charge is 2.21. The molecule has 14 aromatic carbocycles. The maximum atomic E-state index is 5.78. The van der Waals surface area contributed by atoms with Crippen molar-refractivity contribution in [3.63, 3.8) is 0 Å². The number of para-hydroxylation sites is 3. The fraction of sp³-hybridized carbons (Fsp3) is 0.160. The lowest BCUT2D eigenvalue weighted by molar-refractivity contribution is 0.666. The fourth-order valence-electron chi connectivity index (χ4n) is 13.7. The average molecular weight is 1480 g/mol. The first-order valence-electron chi connectivity index (χ1n) is 37.3. The van der Waals surface area contributed by atoms with Gasteiger partial charge in [-0.1, -0.05) is 364 Å². The Balaban J connectivity index is 0.000000117. The van der Waals surface area contributed by atoms with Crippen molar-refractivity contribution in [3.8, 4) is 33.4 Å². The Hall–Kier alpha value is -10.2. The molecule has 0 radical (unpaired) electrons. The van der Waals surface area contributed by atoms with Crippen LogP contribution in [0.4, 0.5) is 0 Å². The van der Waals surface area contributed by atoms with E-state index in [0.717, 1.165) is 22.3 Å². The monoisotopic (exact) mass is 1480 g/mol. The second kappa shape index (κ2) is 33.7. The van der Waals surface area contributed by atoms with Crippen LogP contribution in [0.5, 0.6) is 0 Å². The van der Waals surface area contributed by atoms with Crippen LogP contribution in [0.2, 0.25) is 58.9 Å². The third-order valence-corrected chi connectivity index (χ3v) is 28.4. The minimum absolute atomic E-state index is 0.966. The molecule has 18 aromatic rings. The predicted molar refractivity (Wildman–Crippen MR) is 484 cm³/mol. The first-order valence-corrected chi connectivity index (χ1v) is 49.5. The molecule has 18 rings (SSSR count). The van der Waals surface area contributed by atoms with Crippen LogP contribution in [0.15, 0.2) is 324 Å². The molecule has 0 fully saturated rings. The highest BCUT2D eigenvalue weighted by molar-refractivity contribution is 7.26. The standard InChI is InChI=1S/3C16H20Si.2C13H10O.2C13H10S/c1-13-10-15(14-8-6-5-7-9-14)12-16(11-13)17(2,3)4;1-13-10-11-15(17(2,3)4)12-16(13)14-8-6-5-7-9-14;1-13-10-11-15(12-16(13)17(2,3)4)14-8-6-5-7-9-14;1-9-5-4-7-11-10-6-2-3-8-12(10)14-13(9)11;1-9-6-7-13-11(8-9)10-4-2-3-5-12(10)14-13;1-9-5-4-7-11-10-6-2-3-8-12(10)14-13(9)11;1-9-6-7-13-11(8-9)10-4-2-3-5-12(10)14-13/h3*5-12H,1-4H3;4*2-8H,1H3. The Bertz CT molecular complexity index is 5790. The lowest BCUT2D eigenvalue weighted by Gasteiger charge is -2.20. The van der Waals surface area contributed by atoms with Gasteiger partial charge in [0.25, 0.3) is 0 Å². The second-order valence-electron chi connectivity index (χ2n) is 31.3. The van der Waals surface area contributed by atoms with Gasteiger partial charge in [-0.15, -0.1) is 22.7 Å². The second-order valence-corrected chi connectivity index (χ2v) is 48.6. The van der Waals surface area contributed by atoms with Crippen LogP contribution in [0.3, 0.4) is 0 Å². The van der Waals surface area contributed by atoms with Gasteiger partial charge in [0.2, 0.25) is 0 Å². The van der Waals surface area contributed by atoms with Crippen molar-refractivity contribution in [1.82, 2.24) is 0 Å². The molecule has 2 nitrogen and oxygen atoms in total. The van der Waals surface area contributed by atoms with Crippen LogP contribution >= 0.6 is 22.7 Å². The number of rotatable bonds is 6. The number of hydrogen-bond acceptors (Lipinski definition) is 4. The van der Waals surface area contributed by atoms with E-state index in [9.17, 15) is 0 Å². The molecule has 0 aliphatic heterocycles. The Morgan fingerprint density at radius 3 is 1.32 bits per heavy atom. The molecule has 0 saturated carbocycles. The Morgan fingerprint density at radius 2 is 0.701 bits per heavy atom. The summed E-state index contributed by atoms with van der Waals surface area (Å²) in [5.41, 5.74) is 21.3. The van der Waals surface area contributed by atoms with Crippen LogP contribution in [0.25, 0.3) is 118 Å². The molecule has 536 valence electrons. The lowest BCUT2D eigenvalue weighted by Crippen LogP contribution is -2.39. The molecule has 4 aromatic heterocycles. The van der Waals surface area contributed by atoms with Gasteiger partial charge in [-0.2, -0.15) is 0 Å². The molecule has 4 heterocycles. The molecule has 0 aliphatic rings. The van der Waals surface area contributed by atoms with Crippen LogP contribution < -0.4 is 15.6 Å². The summed E-state index contributed by atoms with van der Waals surface area (Å²) in [7, 11) is -3.69. The molecule has 0 aliphatic carbocycles. The normalized spacial score (nSPS) is 11.4. The molecule has 0 N–H and O–H groups in total. The first kappa shape index (κ1) is 76.4. The van der Waals surface area contributed by atoms with Gasteiger partial charge in [-0.3, -0.25) is 0 Å². The molecule has 0 unspecified atom stereocenters. The largest absolute Gasteiger partial charge is 0.456 e. The van der Waals surface area contributed by atoms with Crippen molar-refractivity contribution in [2.45, 2.75) is 107 Å². The van der Waals surface area contributed by atoms with Gasteiger partial charge in [0, 0.05) is 61.9 Å². The summed E-state index contributed by atoms with van der Waals surface area (Å²) in [5, 5.41) is 15.0. The zero-order valence-electron chi connectivity index (χ0n) is 65.2. The average Bonchev–Trinajstić information content (AvgIpc) is 1.65. The summed E-state index contributed by atoms with van der Waals surface area (Å²) in [6.45, 7) is 36.7. The number of aryl methyl sites for hydroxylation is 7. The Kier molecular flexibility index (Phi) is 24.1. The number of benzene rings is 14. The zero-order valence-corrected chi connectivity index (χ0v) is 69.8. The van der Waals surface area contributed by atoms with Gasteiger partial charge in [-0.05, 0) is 147 Å². The van der Waals surface area contributed by atoms with Gasteiger partial charge in [0.1, 0.15) is 22.3 Å². The van der Waals surface area contributed by atoms with Crippen LogP contribution in [0.1, 0.15) is 38.9 Å². The minimum Gasteiger partial charge on any atom is -0.456 e. The van der Waals surface area contributed by atoms with Crippen molar-refractivity contribution in [1.29, 1.82) is 0 Å². The van der Waals surface area contributed by atoms with E-state index in [1.807, 2.05) is 65.1 Å². The maximum absolute atomic E-state index is 5.78. The molecular formula is C100H100O2S2Si3. The fourth-order valence-corrected chi connectivity index (χ4v) is 20.2. The third kappa shape index (κ3) is 18.8. The first-order chi connectivity index (χ1) is 51.3. The van der Waals surface area contributed by atoms with E-state index >= 15 is 0 Å². The van der Waals surface area contributed by atoms with Crippen molar-refractivity contribution < 1.29 is 8.83 Å². The van der Waals surface area contributed by atoms with E-state index in [4.69, 9.17) is 8.83 Å². The van der Waals surface area contributed by atoms with Gasteiger partial charge < -0.3 is 8.83 Å². The predicted octanol–water partition coefficient (Wildman–Crippen LogP) is 29.1. The van der Waals surface area contributed by atoms with E-state index in [1.54, 1.807) is 5.19 Å². The molecule has 0 spiro atoms. The van der Waals surface area contributed by atoms with Crippen molar-refractivity contribution in [2.24, 2.45) is 0 Å². The van der Waals surface area contributed by atoms with Gasteiger partial charge >= 0.3 is 0 Å². The molecular weight excluding hydrogens is 1380 g/mol. The molecule has 107 heavy (non-hydrogen) atoms. The summed E-state index contributed by atoms with van der Waals surface area (Å²) in [6, 6.07) is 112. The van der Waals surface area contributed by atoms with Crippen molar-refractivity contribution in [2.75, 3.05) is 0 Å². The number of hydrogen-bond donors (Lipinski definition) is 0. The smallest absolute Gasteiger partial charge is 0.138 e. The third-order valence-electron chi connectivity index (χ3n) is 19.7. The van der Waals surface area contributed by atoms with Gasteiger partial charge in [-0.25, -0.2) is 0 Å². The summed E-state index contributed by atoms with van der Waals surface area (Å²) in [5.74, 6) is 0. The molecule has 0 bridgehead atoms. The van der Waals surface area contributed by atoms with Crippen LogP contribution in [-0.2, 0) is 0 Å². The zero-order chi connectivity index (χ0) is 75.6. The van der Waals surface area contributed by atoms with E-state index in [-0.39, 0.29) is 0 Å². The number of thiophene rings is 2. The van der Waals surface area contributed by atoms with Crippen molar-refractivity contribution >= 4 is 147 Å². The lowest BCUT2D eigenvalue weighted by atomic mass is 10.0. The molecule has 0 amide bonds. The molecule has 0 atom stereocenters. The van der Waals surface area contributed by atoms with Crippen LogP contribution in [-0.4, -0.2) is 24.2 Å². The van der Waals surface area contributed by atoms with Crippen LogP contribution in [0, 0.1) is 48.5 Å². The van der Waals surface area contributed by atoms with E-state index < -0.39 is 24.2 Å². The summed E-state index contributed by atoms with van der Waals surface area (Å²) in [6.07, 6.45) is 0. The number of fused-ring (bicyclic) bond motifs is 12. The maximum Gasteiger partial charge on any atom is 0.138 e. The van der Waals surface area contributed by atoms with E-state index in [1.165, 1.54) is 145 Å². The van der Waals surface area contributed by atoms with E-state index in [0.29, 0.717) is 0 Å². The Morgan fingerprint density at radius 1 is 0.234 bits per heavy atom. The summed E-state index contributed by atoms with van der Waals surface area (Å²) < 4.78 is 17.1. The number of furan rings is 2. The van der Waals surface area contributed by atoms with Crippen molar-refractivity contribution in [3.05, 3.63) is 354 Å². The SMILES string of the molecule is Cc1cc(-c2ccccc2)cc([Si](C)(C)C)c1.Cc1ccc(-c2ccccc2)cc1[Si](C)(C)C.Cc1ccc([Si](C)(C)C)cc1-c1ccccc1.Cc1ccc2oc3ccccc3c2c1.Cc1ccc2sc3ccccc3c2c1.Cc1cccc2c1oc1ccccc12.Cc1cccc2c1sc1ccccc12. The highest BCUT2D eigenvalue weighted by Crippen LogP contribution is 2.37. The minimum atomic E-state index is -1.24. The quantitative estimate of drug-likeness (QED) is 0.155. The highest BCUT2D eigenvalue weighted by atomic mass is 32.1. The summed E-state index contributed by atoms with van der Waals surface area (Å²) >= 11 is 3.76. The molecule has 0 saturated heterocycles. The Labute approximate surface area is 645 Å².